The first-order valence-corrected chi connectivity index (χ1v) is 9.07. The van der Waals surface area contributed by atoms with Crippen LogP contribution in [-0.2, 0) is 10.2 Å². The van der Waals surface area contributed by atoms with Crippen LogP contribution in [0.4, 0.5) is 5.82 Å². The van der Waals surface area contributed by atoms with E-state index in [1.54, 1.807) is 12.3 Å². The normalized spacial score (nSPS) is 16.1. The third kappa shape index (κ3) is 4.05. The summed E-state index contributed by atoms with van der Waals surface area (Å²) in [5.41, 5.74) is 3.08. The van der Waals surface area contributed by atoms with Crippen molar-refractivity contribution >= 4 is 11.7 Å². The van der Waals surface area contributed by atoms with Crippen LogP contribution in [0.25, 0.3) is 0 Å². The van der Waals surface area contributed by atoms with Gasteiger partial charge in [-0.3, -0.25) is 4.79 Å². The predicted molar refractivity (Wildman–Crippen MR) is 104 cm³/mol. The van der Waals surface area contributed by atoms with Gasteiger partial charge in [0.15, 0.2) is 0 Å². The lowest BCUT2D eigenvalue weighted by Gasteiger charge is -2.38. The zero-order chi connectivity index (χ0) is 18.6. The molecule has 1 aliphatic heterocycles. The van der Waals surface area contributed by atoms with Crippen LogP contribution in [0.15, 0.2) is 42.6 Å². The molecule has 0 atom stereocenters. The van der Waals surface area contributed by atoms with Crippen molar-refractivity contribution in [1.29, 1.82) is 0 Å². The second-order valence-corrected chi connectivity index (χ2v) is 7.24. The molecule has 1 amide bonds. The van der Waals surface area contributed by atoms with Crippen LogP contribution in [-0.4, -0.2) is 44.7 Å². The highest BCUT2D eigenvalue weighted by Crippen LogP contribution is 2.34. The monoisotopic (exact) mass is 353 g/mol. The fraction of sp³-hybridized carbons (Fsp3) is 0.429. The summed E-state index contributed by atoms with van der Waals surface area (Å²) in [4.78, 5) is 18.9. The van der Waals surface area contributed by atoms with Crippen molar-refractivity contribution in [3.63, 3.8) is 0 Å². The number of nitrogens with one attached hydrogen (secondary N) is 1. The molecule has 1 N–H and O–H groups in total. The molecule has 0 aliphatic carbocycles. The maximum Gasteiger partial charge on any atom is 0.251 e. The molecule has 2 heterocycles. The van der Waals surface area contributed by atoms with Crippen LogP contribution in [0.3, 0.4) is 0 Å². The largest absolute Gasteiger partial charge is 0.381 e. The lowest BCUT2D eigenvalue weighted by molar-refractivity contribution is 0.0487. The van der Waals surface area contributed by atoms with Crippen molar-refractivity contribution in [3.05, 3.63) is 59.3 Å². The minimum atomic E-state index is -0.0721. The Labute approximate surface area is 155 Å². The molecule has 0 unspecified atom stereocenters. The van der Waals surface area contributed by atoms with E-state index in [2.05, 4.69) is 41.5 Å². The van der Waals surface area contributed by atoms with Gasteiger partial charge in [0.05, 0.1) is 0 Å². The van der Waals surface area contributed by atoms with Gasteiger partial charge in [-0.2, -0.15) is 0 Å². The summed E-state index contributed by atoms with van der Waals surface area (Å²) in [5, 5.41) is 3.15. The molecule has 5 heteroatoms. The first-order valence-electron chi connectivity index (χ1n) is 9.07. The van der Waals surface area contributed by atoms with Crippen LogP contribution in [0, 0.1) is 6.92 Å². The lowest BCUT2D eigenvalue weighted by atomic mass is 9.73. The zero-order valence-electron chi connectivity index (χ0n) is 15.8. The van der Waals surface area contributed by atoms with Crippen LogP contribution >= 0.6 is 0 Å². The van der Waals surface area contributed by atoms with Gasteiger partial charge in [0.25, 0.3) is 5.91 Å². The van der Waals surface area contributed by atoms with Gasteiger partial charge in [-0.15, -0.1) is 0 Å². The minimum absolute atomic E-state index is 0.0611. The van der Waals surface area contributed by atoms with E-state index >= 15 is 0 Å². The third-order valence-electron chi connectivity index (χ3n) is 5.13. The summed E-state index contributed by atoms with van der Waals surface area (Å²) < 4.78 is 5.58. The number of amides is 1. The number of aryl methyl sites for hydroxylation is 1. The summed E-state index contributed by atoms with van der Waals surface area (Å²) in [7, 11) is 3.83. The quantitative estimate of drug-likeness (QED) is 0.898. The van der Waals surface area contributed by atoms with Crippen LogP contribution in [0.1, 0.15) is 34.3 Å². The molecule has 3 rings (SSSR count). The number of carbonyl (C=O) groups is 1. The first kappa shape index (κ1) is 18.4. The first-order chi connectivity index (χ1) is 12.5. The van der Waals surface area contributed by atoms with E-state index in [0.717, 1.165) is 31.9 Å². The second kappa shape index (κ2) is 7.87. The Morgan fingerprint density at radius 1 is 1.23 bits per heavy atom. The second-order valence-electron chi connectivity index (χ2n) is 7.24. The fourth-order valence-corrected chi connectivity index (χ4v) is 3.46. The molecule has 1 fully saturated rings. The SMILES string of the molecule is Cc1cccc(C2(CNC(=O)c3ccnc(N(C)C)c3)CCOCC2)c1. The standard InChI is InChI=1S/C21H27N3O2/c1-16-5-4-6-18(13-16)21(8-11-26-12-9-21)15-23-20(25)17-7-10-22-19(14-17)24(2)3/h4-7,10,13-14H,8-9,11-12,15H2,1-3H3,(H,23,25). The summed E-state index contributed by atoms with van der Waals surface area (Å²) in [5.74, 6) is 0.714. The molecule has 26 heavy (non-hydrogen) atoms. The van der Waals surface area contributed by atoms with E-state index in [-0.39, 0.29) is 11.3 Å². The molecule has 0 radical (unpaired) electrons. The van der Waals surface area contributed by atoms with Gasteiger partial charge in [0, 0.05) is 51.0 Å². The minimum Gasteiger partial charge on any atom is -0.381 e. The molecule has 5 nitrogen and oxygen atoms in total. The number of hydrogen-bond acceptors (Lipinski definition) is 4. The van der Waals surface area contributed by atoms with E-state index in [9.17, 15) is 4.79 Å². The Bertz CT molecular complexity index is 767. The lowest BCUT2D eigenvalue weighted by Crippen LogP contribution is -2.44. The number of rotatable bonds is 5. The number of benzene rings is 1. The number of nitrogens with zero attached hydrogens (tertiary/aromatic N) is 2. The van der Waals surface area contributed by atoms with Crippen molar-refractivity contribution in [2.45, 2.75) is 25.2 Å². The number of ether oxygens (including phenoxy) is 1. The topological polar surface area (TPSA) is 54.5 Å². The summed E-state index contributed by atoms with van der Waals surface area (Å²) in [6.07, 6.45) is 3.50. The number of hydrogen-bond donors (Lipinski definition) is 1. The fourth-order valence-electron chi connectivity index (χ4n) is 3.46. The zero-order valence-corrected chi connectivity index (χ0v) is 15.8. The summed E-state index contributed by atoms with van der Waals surface area (Å²) in [6, 6.07) is 12.2. The van der Waals surface area contributed by atoms with E-state index in [4.69, 9.17) is 4.74 Å². The van der Waals surface area contributed by atoms with E-state index in [0.29, 0.717) is 12.1 Å². The average Bonchev–Trinajstić information content (AvgIpc) is 2.67. The van der Waals surface area contributed by atoms with Gasteiger partial charge in [-0.05, 0) is 37.5 Å². The van der Waals surface area contributed by atoms with Gasteiger partial charge < -0.3 is 15.0 Å². The molecule has 0 bridgehead atoms. The molecule has 1 aromatic carbocycles. The van der Waals surface area contributed by atoms with Crippen molar-refractivity contribution in [2.24, 2.45) is 0 Å². The Morgan fingerprint density at radius 2 is 2.00 bits per heavy atom. The van der Waals surface area contributed by atoms with Crippen molar-refractivity contribution < 1.29 is 9.53 Å². The van der Waals surface area contributed by atoms with Crippen LogP contribution in [0.5, 0.6) is 0 Å². The molecule has 1 aliphatic rings. The molecule has 0 spiro atoms. The number of aromatic nitrogens is 1. The van der Waals surface area contributed by atoms with E-state index < -0.39 is 0 Å². The maximum atomic E-state index is 12.7. The van der Waals surface area contributed by atoms with Gasteiger partial charge >= 0.3 is 0 Å². The maximum absolute atomic E-state index is 12.7. The van der Waals surface area contributed by atoms with Crippen molar-refractivity contribution in [1.82, 2.24) is 10.3 Å². The highest BCUT2D eigenvalue weighted by Gasteiger charge is 2.35. The summed E-state index contributed by atoms with van der Waals surface area (Å²) >= 11 is 0. The molecular formula is C21H27N3O2. The highest BCUT2D eigenvalue weighted by molar-refractivity contribution is 5.94. The van der Waals surface area contributed by atoms with Gasteiger partial charge in [0.1, 0.15) is 5.82 Å². The summed E-state index contributed by atoms with van der Waals surface area (Å²) in [6.45, 7) is 4.17. The molecule has 1 aromatic heterocycles. The number of pyridine rings is 1. The van der Waals surface area contributed by atoms with Crippen molar-refractivity contribution in [2.75, 3.05) is 38.8 Å². The predicted octanol–water partition coefficient (Wildman–Crippen LogP) is 2.93. The van der Waals surface area contributed by atoms with E-state index in [1.165, 1.54) is 11.1 Å². The molecule has 2 aromatic rings. The molecule has 138 valence electrons. The number of carbonyl (C=O) groups excluding carboxylic acids is 1. The Balaban J connectivity index is 1.78. The molecular weight excluding hydrogens is 326 g/mol. The molecule has 1 saturated heterocycles. The number of anilines is 1. The van der Waals surface area contributed by atoms with Crippen LogP contribution in [0.2, 0.25) is 0 Å². The van der Waals surface area contributed by atoms with Crippen molar-refractivity contribution in [3.8, 4) is 0 Å². The highest BCUT2D eigenvalue weighted by atomic mass is 16.5. The smallest absolute Gasteiger partial charge is 0.251 e. The average molecular weight is 353 g/mol. The van der Waals surface area contributed by atoms with Gasteiger partial charge in [-0.1, -0.05) is 29.8 Å². The Kier molecular flexibility index (Phi) is 5.57. The van der Waals surface area contributed by atoms with Crippen LogP contribution < -0.4 is 10.2 Å². The van der Waals surface area contributed by atoms with Gasteiger partial charge in [-0.25, -0.2) is 4.98 Å². The third-order valence-corrected chi connectivity index (χ3v) is 5.13. The van der Waals surface area contributed by atoms with Gasteiger partial charge in [0.2, 0.25) is 0 Å². The molecule has 0 saturated carbocycles. The van der Waals surface area contributed by atoms with E-state index in [1.807, 2.05) is 25.1 Å². The Morgan fingerprint density at radius 3 is 2.69 bits per heavy atom. The Hall–Kier alpha value is -2.40.